The van der Waals surface area contributed by atoms with Gasteiger partial charge >= 0.3 is 0 Å². The molecule has 3 rings (SSSR count). The summed E-state index contributed by atoms with van der Waals surface area (Å²) in [6.45, 7) is 0. The number of nitrogens with zero attached hydrogens (tertiary/aromatic N) is 2. The maximum absolute atomic E-state index is 5.78. The van der Waals surface area contributed by atoms with Gasteiger partial charge in [-0.25, -0.2) is 4.98 Å². The maximum Gasteiger partial charge on any atom is 0.0999 e. The Morgan fingerprint density at radius 3 is 2.56 bits per heavy atom. The Kier molecular flexibility index (Phi) is 2.57. The van der Waals surface area contributed by atoms with Crippen LogP contribution in [0.2, 0.25) is 0 Å². The second-order valence-electron chi connectivity index (χ2n) is 4.13. The van der Waals surface area contributed by atoms with Crippen molar-refractivity contribution in [2.75, 3.05) is 5.73 Å². The van der Waals surface area contributed by atoms with Crippen LogP contribution in [0.15, 0.2) is 67.1 Å². The summed E-state index contributed by atoms with van der Waals surface area (Å²) < 4.78 is 1.97. The molecule has 0 fully saturated rings. The van der Waals surface area contributed by atoms with Crippen molar-refractivity contribution in [2.45, 2.75) is 0 Å². The van der Waals surface area contributed by atoms with Gasteiger partial charge in [0.05, 0.1) is 12.0 Å². The molecular formula is C15H13N3. The van der Waals surface area contributed by atoms with Crippen LogP contribution in [-0.2, 0) is 0 Å². The third-order valence-corrected chi connectivity index (χ3v) is 2.82. The van der Waals surface area contributed by atoms with E-state index in [1.54, 1.807) is 6.33 Å². The first-order chi connectivity index (χ1) is 8.83. The summed E-state index contributed by atoms with van der Waals surface area (Å²) in [5, 5.41) is 0. The van der Waals surface area contributed by atoms with Crippen molar-refractivity contribution in [1.29, 1.82) is 0 Å². The predicted molar refractivity (Wildman–Crippen MR) is 73.4 cm³/mol. The van der Waals surface area contributed by atoms with Crippen LogP contribution >= 0.6 is 0 Å². The molecule has 0 aliphatic rings. The van der Waals surface area contributed by atoms with E-state index in [0.29, 0.717) is 0 Å². The van der Waals surface area contributed by atoms with E-state index in [-0.39, 0.29) is 0 Å². The molecule has 0 amide bonds. The Morgan fingerprint density at radius 2 is 1.78 bits per heavy atom. The van der Waals surface area contributed by atoms with E-state index in [9.17, 15) is 0 Å². The molecule has 0 bridgehead atoms. The van der Waals surface area contributed by atoms with E-state index in [1.807, 2.05) is 65.4 Å². The smallest absolute Gasteiger partial charge is 0.0999 e. The van der Waals surface area contributed by atoms with Crippen LogP contribution in [0, 0.1) is 0 Å². The van der Waals surface area contributed by atoms with Gasteiger partial charge in [0.2, 0.25) is 0 Å². The second-order valence-corrected chi connectivity index (χ2v) is 4.13. The second kappa shape index (κ2) is 4.37. The number of nitrogen functional groups attached to an aromatic ring is 1. The number of benzene rings is 2. The lowest BCUT2D eigenvalue weighted by Crippen LogP contribution is -1.91. The van der Waals surface area contributed by atoms with Gasteiger partial charge in [-0.05, 0) is 18.2 Å². The normalized spacial score (nSPS) is 10.4. The third-order valence-electron chi connectivity index (χ3n) is 2.82. The Morgan fingerprint density at radius 1 is 0.944 bits per heavy atom. The van der Waals surface area contributed by atoms with Gasteiger partial charge in [-0.15, -0.1) is 0 Å². The zero-order valence-corrected chi connectivity index (χ0v) is 9.82. The number of hydrogen-bond donors (Lipinski definition) is 1. The van der Waals surface area contributed by atoms with Crippen molar-refractivity contribution in [3.8, 4) is 16.9 Å². The summed E-state index contributed by atoms with van der Waals surface area (Å²) in [6.07, 6.45) is 3.81. The van der Waals surface area contributed by atoms with Crippen LogP contribution in [0.5, 0.6) is 0 Å². The molecule has 0 atom stereocenters. The van der Waals surface area contributed by atoms with E-state index in [4.69, 9.17) is 5.73 Å². The van der Waals surface area contributed by atoms with Gasteiger partial charge in [0.1, 0.15) is 0 Å². The van der Waals surface area contributed by atoms with E-state index in [2.05, 4.69) is 4.98 Å². The molecule has 0 saturated carbocycles. The average molecular weight is 235 g/mol. The fraction of sp³-hybridized carbons (Fsp3) is 0. The summed E-state index contributed by atoms with van der Waals surface area (Å²) in [4.78, 5) is 4.41. The van der Waals surface area contributed by atoms with Crippen molar-refractivity contribution >= 4 is 5.69 Å². The molecule has 1 aromatic heterocycles. The molecule has 0 saturated heterocycles. The quantitative estimate of drug-likeness (QED) is 0.693. The summed E-state index contributed by atoms with van der Waals surface area (Å²) >= 11 is 0. The van der Waals surface area contributed by atoms with Crippen molar-refractivity contribution in [3.63, 3.8) is 0 Å². The maximum atomic E-state index is 5.78. The first kappa shape index (κ1) is 10.6. The molecule has 1 heterocycles. The van der Waals surface area contributed by atoms with E-state index < -0.39 is 0 Å². The fourth-order valence-electron chi connectivity index (χ4n) is 1.91. The van der Waals surface area contributed by atoms with Crippen molar-refractivity contribution in [3.05, 3.63) is 67.1 Å². The van der Waals surface area contributed by atoms with Crippen molar-refractivity contribution in [1.82, 2.24) is 9.55 Å². The van der Waals surface area contributed by atoms with Crippen molar-refractivity contribution < 1.29 is 0 Å². The standard InChI is InChI=1S/C15H13N3/c16-13-7-4-8-14(9-13)18-10-15(17-11-18)12-5-2-1-3-6-12/h1-11H,16H2. The molecule has 2 aromatic carbocycles. The summed E-state index contributed by atoms with van der Waals surface area (Å²) in [7, 11) is 0. The minimum absolute atomic E-state index is 0.752. The fourth-order valence-corrected chi connectivity index (χ4v) is 1.91. The minimum Gasteiger partial charge on any atom is -0.399 e. The number of rotatable bonds is 2. The molecule has 3 aromatic rings. The molecule has 3 nitrogen and oxygen atoms in total. The Balaban J connectivity index is 2.00. The first-order valence-corrected chi connectivity index (χ1v) is 5.78. The average Bonchev–Trinajstić information content (AvgIpc) is 2.89. The van der Waals surface area contributed by atoms with Gasteiger partial charge in [0.15, 0.2) is 0 Å². The lowest BCUT2D eigenvalue weighted by Gasteiger charge is -2.02. The third kappa shape index (κ3) is 1.98. The van der Waals surface area contributed by atoms with E-state index in [1.165, 1.54) is 0 Å². The van der Waals surface area contributed by atoms with Gasteiger partial charge in [-0.2, -0.15) is 0 Å². The summed E-state index contributed by atoms with van der Waals surface area (Å²) in [5.41, 5.74) is 9.62. The number of imidazole rings is 1. The largest absolute Gasteiger partial charge is 0.399 e. The highest BCUT2D eigenvalue weighted by Gasteiger charge is 2.02. The van der Waals surface area contributed by atoms with E-state index >= 15 is 0 Å². The Bertz CT molecular complexity index is 656. The highest BCUT2D eigenvalue weighted by atomic mass is 15.0. The summed E-state index contributed by atoms with van der Waals surface area (Å²) in [5.74, 6) is 0. The van der Waals surface area contributed by atoms with Crippen LogP contribution in [0.4, 0.5) is 5.69 Å². The first-order valence-electron chi connectivity index (χ1n) is 5.78. The van der Waals surface area contributed by atoms with Gasteiger partial charge in [-0.1, -0.05) is 36.4 Å². The number of hydrogen-bond acceptors (Lipinski definition) is 2. The van der Waals surface area contributed by atoms with Gasteiger partial charge < -0.3 is 10.3 Å². The van der Waals surface area contributed by atoms with Crippen LogP contribution in [-0.4, -0.2) is 9.55 Å². The van der Waals surface area contributed by atoms with Gasteiger partial charge in [-0.3, -0.25) is 0 Å². The highest BCUT2D eigenvalue weighted by Crippen LogP contribution is 2.19. The van der Waals surface area contributed by atoms with Crippen LogP contribution in [0.3, 0.4) is 0 Å². The van der Waals surface area contributed by atoms with Crippen LogP contribution in [0.1, 0.15) is 0 Å². The minimum atomic E-state index is 0.752. The Labute approximate surface area is 106 Å². The molecule has 0 aliphatic heterocycles. The monoisotopic (exact) mass is 235 g/mol. The highest BCUT2D eigenvalue weighted by molar-refractivity contribution is 5.59. The lowest BCUT2D eigenvalue weighted by molar-refractivity contribution is 1.06. The molecule has 0 unspecified atom stereocenters. The molecule has 18 heavy (non-hydrogen) atoms. The van der Waals surface area contributed by atoms with Crippen LogP contribution in [0.25, 0.3) is 16.9 Å². The van der Waals surface area contributed by atoms with Gasteiger partial charge in [0, 0.05) is 23.1 Å². The lowest BCUT2D eigenvalue weighted by atomic mass is 10.2. The molecular weight excluding hydrogens is 222 g/mol. The number of anilines is 1. The molecule has 0 spiro atoms. The summed E-state index contributed by atoms with van der Waals surface area (Å²) in [6, 6.07) is 17.9. The zero-order valence-electron chi connectivity index (χ0n) is 9.82. The molecule has 3 heteroatoms. The number of aromatic nitrogens is 2. The van der Waals surface area contributed by atoms with Crippen LogP contribution < -0.4 is 5.73 Å². The zero-order chi connectivity index (χ0) is 12.4. The van der Waals surface area contributed by atoms with E-state index in [0.717, 1.165) is 22.6 Å². The molecule has 0 aliphatic carbocycles. The SMILES string of the molecule is Nc1cccc(-n2cnc(-c3ccccc3)c2)c1. The molecule has 0 radical (unpaired) electrons. The molecule has 2 N–H and O–H groups in total. The number of nitrogens with two attached hydrogens (primary N) is 1. The molecule has 88 valence electrons. The Hall–Kier alpha value is -2.55. The van der Waals surface area contributed by atoms with Gasteiger partial charge in [0.25, 0.3) is 0 Å². The topological polar surface area (TPSA) is 43.8 Å². The predicted octanol–water partition coefficient (Wildman–Crippen LogP) is 3.12. The van der Waals surface area contributed by atoms with Crippen molar-refractivity contribution in [2.24, 2.45) is 0 Å².